The van der Waals surface area contributed by atoms with Gasteiger partial charge in [-0.15, -0.1) is 5.10 Å². The zero-order valence-electron chi connectivity index (χ0n) is 12.2. The van der Waals surface area contributed by atoms with Crippen LogP contribution in [0, 0.1) is 6.92 Å². The van der Waals surface area contributed by atoms with E-state index in [4.69, 9.17) is 11.6 Å². The van der Waals surface area contributed by atoms with Gasteiger partial charge < -0.3 is 5.11 Å². The summed E-state index contributed by atoms with van der Waals surface area (Å²) in [6.07, 6.45) is 0. The Morgan fingerprint density at radius 2 is 1.91 bits per heavy atom. The molecule has 1 N–H and O–H groups in total. The molecule has 2 aromatic carbocycles. The molecule has 5 heteroatoms. The van der Waals surface area contributed by atoms with E-state index in [1.165, 1.54) is 0 Å². The summed E-state index contributed by atoms with van der Waals surface area (Å²) in [4.78, 5) is 0. The number of aromatic nitrogens is 3. The van der Waals surface area contributed by atoms with Crippen LogP contribution in [-0.4, -0.2) is 20.1 Å². The number of hydrogen-bond acceptors (Lipinski definition) is 3. The number of benzene rings is 2. The van der Waals surface area contributed by atoms with Crippen molar-refractivity contribution in [1.29, 1.82) is 0 Å². The highest BCUT2D eigenvalue weighted by Crippen LogP contribution is 2.24. The van der Waals surface area contributed by atoms with Crippen molar-refractivity contribution in [2.24, 2.45) is 0 Å². The van der Waals surface area contributed by atoms with E-state index < -0.39 is 0 Å². The van der Waals surface area contributed by atoms with Gasteiger partial charge in [0.2, 0.25) is 0 Å². The van der Waals surface area contributed by atoms with Crippen LogP contribution >= 0.6 is 11.6 Å². The molecule has 0 unspecified atom stereocenters. The average Bonchev–Trinajstić information content (AvgIpc) is 2.92. The zero-order chi connectivity index (χ0) is 15.5. The lowest BCUT2D eigenvalue weighted by Gasteiger charge is -2.09. The number of halogens is 1. The van der Waals surface area contributed by atoms with Gasteiger partial charge in [-0.05, 0) is 30.7 Å². The number of hydrogen-bond donors (Lipinski definition) is 1. The summed E-state index contributed by atoms with van der Waals surface area (Å²) in [5, 5.41) is 18.5. The topological polar surface area (TPSA) is 50.9 Å². The molecule has 1 heterocycles. The third-order valence-electron chi connectivity index (χ3n) is 3.49. The quantitative estimate of drug-likeness (QED) is 0.802. The lowest BCUT2D eigenvalue weighted by atomic mass is 10.1. The van der Waals surface area contributed by atoms with Crippen molar-refractivity contribution in [3.8, 4) is 11.3 Å². The fourth-order valence-corrected chi connectivity index (χ4v) is 2.56. The van der Waals surface area contributed by atoms with Crippen LogP contribution < -0.4 is 0 Å². The van der Waals surface area contributed by atoms with E-state index in [0.29, 0.717) is 17.3 Å². The van der Waals surface area contributed by atoms with Crippen LogP contribution in [0.5, 0.6) is 0 Å². The molecule has 1 aromatic heterocycles. The van der Waals surface area contributed by atoms with Gasteiger partial charge in [-0.3, -0.25) is 0 Å². The molecule has 0 saturated carbocycles. The number of nitrogens with zero attached hydrogens (tertiary/aromatic N) is 3. The minimum atomic E-state index is -0.135. The third-order valence-corrected chi connectivity index (χ3v) is 3.74. The van der Waals surface area contributed by atoms with Crippen LogP contribution in [0.4, 0.5) is 0 Å². The van der Waals surface area contributed by atoms with E-state index in [1.54, 1.807) is 0 Å². The normalized spacial score (nSPS) is 10.9. The van der Waals surface area contributed by atoms with E-state index >= 15 is 0 Å². The molecule has 0 spiro atoms. The predicted octanol–water partition coefficient (Wildman–Crippen LogP) is 3.45. The molecule has 3 aromatic rings. The minimum Gasteiger partial charge on any atom is -0.390 e. The molecule has 0 fully saturated rings. The molecule has 0 saturated heterocycles. The second-order valence-electron chi connectivity index (χ2n) is 5.20. The molecule has 0 radical (unpaired) electrons. The number of aliphatic hydroxyl groups is 1. The first kappa shape index (κ1) is 14.8. The van der Waals surface area contributed by atoms with Crippen LogP contribution in [0.25, 0.3) is 11.3 Å². The van der Waals surface area contributed by atoms with E-state index in [-0.39, 0.29) is 6.61 Å². The molecule has 0 aliphatic heterocycles. The van der Waals surface area contributed by atoms with Gasteiger partial charge in [0.15, 0.2) is 0 Å². The van der Waals surface area contributed by atoms with E-state index in [0.717, 1.165) is 22.4 Å². The summed E-state index contributed by atoms with van der Waals surface area (Å²) in [6.45, 7) is 2.48. The van der Waals surface area contributed by atoms with Gasteiger partial charge in [0.25, 0.3) is 0 Å². The Labute approximate surface area is 134 Å². The second kappa shape index (κ2) is 6.30. The van der Waals surface area contributed by atoms with Crippen molar-refractivity contribution >= 4 is 11.6 Å². The molecule has 3 rings (SSSR count). The summed E-state index contributed by atoms with van der Waals surface area (Å²) in [7, 11) is 0. The average molecular weight is 314 g/mol. The van der Waals surface area contributed by atoms with E-state index in [2.05, 4.69) is 16.4 Å². The lowest BCUT2D eigenvalue weighted by Crippen LogP contribution is -2.04. The summed E-state index contributed by atoms with van der Waals surface area (Å²) in [6, 6.07) is 15.7. The summed E-state index contributed by atoms with van der Waals surface area (Å²) < 4.78 is 1.81. The second-order valence-corrected chi connectivity index (χ2v) is 5.63. The minimum absolute atomic E-state index is 0.135. The highest BCUT2D eigenvalue weighted by atomic mass is 35.5. The largest absolute Gasteiger partial charge is 0.390 e. The molecule has 0 aliphatic rings. The Kier molecular flexibility index (Phi) is 4.22. The van der Waals surface area contributed by atoms with Crippen molar-refractivity contribution in [3.05, 3.63) is 70.4 Å². The summed E-state index contributed by atoms with van der Waals surface area (Å²) in [5.41, 5.74) is 4.66. The maximum Gasteiger partial charge on any atom is 0.116 e. The Hall–Kier alpha value is -2.17. The Balaban J connectivity index is 2.02. The fourth-order valence-electron chi connectivity index (χ4n) is 2.44. The standard InChI is InChI=1S/C17H16ClN3O/c1-12-3-2-4-14(9-12)17-16(11-22)19-20-21(17)10-13-5-7-15(18)8-6-13/h2-9,22H,10-11H2,1H3. The molecular weight excluding hydrogens is 298 g/mol. The molecule has 0 bridgehead atoms. The van der Waals surface area contributed by atoms with Gasteiger partial charge in [-0.2, -0.15) is 0 Å². The molecule has 112 valence electrons. The van der Waals surface area contributed by atoms with Crippen molar-refractivity contribution in [2.75, 3.05) is 0 Å². The Morgan fingerprint density at radius 3 is 2.59 bits per heavy atom. The Morgan fingerprint density at radius 1 is 1.14 bits per heavy atom. The molecular formula is C17H16ClN3O. The molecule has 0 atom stereocenters. The highest BCUT2D eigenvalue weighted by molar-refractivity contribution is 6.30. The third kappa shape index (κ3) is 3.03. The van der Waals surface area contributed by atoms with Crippen molar-refractivity contribution in [2.45, 2.75) is 20.1 Å². The molecule has 4 nitrogen and oxygen atoms in total. The van der Waals surface area contributed by atoms with E-state index in [9.17, 15) is 5.11 Å². The van der Waals surface area contributed by atoms with E-state index in [1.807, 2.05) is 54.1 Å². The van der Waals surface area contributed by atoms with Crippen LogP contribution in [0.15, 0.2) is 48.5 Å². The van der Waals surface area contributed by atoms with Crippen LogP contribution in [0.3, 0.4) is 0 Å². The van der Waals surface area contributed by atoms with Gasteiger partial charge in [-0.1, -0.05) is 52.7 Å². The van der Waals surface area contributed by atoms with Crippen molar-refractivity contribution in [1.82, 2.24) is 15.0 Å². The predicted molar refractivity (Wildman–Crippen MR) is 86.7 cm³/mol. The maximum atomic E-state index is 9.53. The molecule has 0 amide bonds. The summed E-state index contributed by atoms with van der Waals surface area (Å²) >= 11 is 5.92. The molecule has 22 heavy (non-hydrogen) atoms. The summed E-state index contributed by atoms with van der Waals surface area (Å²) in [5.74, 6) is 0. The number of aliphatic hydroxyl groups excluding tert-OH is 1. The van der Waals surface area contributed by atoms with Gasteiger partial charge in [0.05, 0.1) is 18.8 Å². The highest BCUT2D eigenvalue weighted by Gasteiger charge is 2.14. The van der Waals surface area contributed by atoms with Crippen LogP contribution in [-0.2, 0) is 13.2 Å². The fraction of sp³-hybridized carbons (Fsp3) is 0.176. The lowest BCUT2D eigenvalue weighted by molar-refractivity contribution is 0.277. The maximum absolute atomic E-state index is 9.53. The smallest absolute Gasteiger partial charge is 0.116 e. The van der Waals surface area contributed by atoms with Gasteiger partial charge in [-0.25, -0.2) is 4.68 Å². The van der Waals surface area contributed by atoms with Crippen molar-refractivity contribution in [3.63, 3.8) is 0 Å². The van der Waals surface area contributed by atoms with Crippen LogP contribution in [0.1, 0.15) is 16.8 Å². The van der Waals surface area contributed by atoms with Gasteiger partial charge in [0.1, 0.15) is 5.69 Å². The zero-order valence-corrected chi connectivity index (χ0v) is 13.0. The number of rotatable bonds is 4. The Bertz CT molecular complexity index is 781. The first-order valence-corrected chi connectivity index (χ1v) is 7.40. The first-order chi connectivity index (χ1) is 10.7. The monoisotopic (exact) mass is 313 g/mol. The van der Waals surface area contributed by atoms with Crippen molar-refractivity contribution < 1.29 is 5.11 Å². The number of aryl methyl sites for hydroxylation is 1. The SMILES string of the molecule is Cc1cccc(-c2c(CO)nnn2Cc2ccc(Cl)cc2)c1. The first-order valence-electron chi connectivity index (χ1n) is 7.02. The van der Waals surface area contributed by atoms with Crippen LogP contribution in [0.2, 0.25) is 5.02 Å². The van der Waals surface area contributed by atoms with Gasteiger partial charge >= 0.3 is 0 Å². The molecule has 0 aliphatic carbocycles. The van der Waals surface area contributed by atoms with Gasteiger partial charge in [0, 0.05) is 10.6 Å².